The molecule has 5 rings (SSSR count). The number of hydrogen-bond acceptors (Lipinski definition) is 9. The van der Waals surface area contributed by atoms with Crippen molar-refractivity contribution in [3.05, 3.63) is 0 Å². The van der Waals surface area contributed by atoms with Gasteiger partial charge < -0.3 is 14.2 Å². The van der Waals surface area contributed by atoms with Gasteiger partial charge in [-0.15, -0.1) is 0 Å². The third-order valence-corrected chi connectivity index (χ3v) is 10.6. The number of rotatable bonds is 6. The Hall–Kier alpha value is -1.23. The summed E-state index contributed by atoms with van der Waals surface area (Å²) in [6.07, 6.45) is 4.94. The molecule has 5 fully saturated rings. The number of esters is 2. The molecular weight excluding hydrogens is 462 g/mol. The van der Waals surface area contributed by atoms with E-state index in [2.05, 4.69) is 4.90 Å². The Morgan fingerprint density at radius 1 is 1.03 bits per heavy atom. The second kappa shape index (κ2) is 8.71. The SMILES string of the molecule is CCC1(OC(=O)C2C(OC(=O)CN3CCCCC3)C3OC2C2C3C(C)(C)OS2(=O)=O)CCCC1. The van der Waals surface area contributed by atoms with Gasteiger partial charge in [0.1, 0.15) is 29.0 Å². The Morgan fingerprint density at radius 3 is 2.35 bits per heavy atom. The molecule has 0 radical (unpaired) electrons. The normalized spacial score (nSPS) is 39.6. The Morgan fingerprint density at radius 2 is 1.71 bits per heavy atom. The highest BCUT2D eigenvalue weighted by molar-refractivity contribution is 7.87. The van der Waals surface area contributed by atoms with Crippen LogP contribution in [-0.2, 0) is 38.1 Å². The fourth-order valence-electron chi connectivity index (χ4n) is 6.97. The molecule has 1 aliphatic carbocycles. The topological polar surface area (TPSA) is 108 Å². The molecule has 10 heteroatoms. The summed E-state index contributed by atoms with van der Waals surface area (Å²) in [5, 5.41) is -0.969. The van der Waals surface area contributed by atoms with Crippen molar-refractivity contribution in [2.24, 2.45) is 11.8 Å². The van der Waals surface area contributed by atoms with Crippen LogP contribution in [0.15, 0.2) is 0 Å². The van der Waals surface area contributed by atoms with E-state index in [-0.39, 0.29) is 6.54 Å². The second-order valence-corrected chi connectivity index (χ2v) is 12.9. The second-order valence-electron chi connectivity index (χ2n) is 11.2. The maximum absolute atomic E-state index is 13.6. The minimum atomic E-state index is -3.93. The van der Waals surface area contributed by atoms with Gasteiger partial charge in [0.05, 0.1) is 18.2 Å². The van der Waals surface area contributed by atoms with Gasteiger partial charge in [0.25, 0.3) is 10.1 Å². The number of piperidine rings is 1. The van der Waals surface area contributed by atoms with Crippen LogP contribution in [0.1, 0.15) is 72.1 Å². The smallest absolute Gasteiger partial charge is 0.320 e. The first-order valence-corrected chi connectivity index (χ1v) is 14.3. The number of carbonyl (C=O) groups is 2. The molecule has 6 unspecified atom stereocenters. The standard InChI is InChI=1S/C24H37NO8S/c1-4-24(10-6-7-11-24)32-22(27)16-18(30-15(26)14-25-12-8-5-9-13-25)20-17-21(19(16)31-20)34(28,29)33-23(17,2)3/h16-21H,4-14H2,1-3H3. The van der Waals surface area contributed by atoms with E-state index in [4.69, 9.17) is 18.4 Å². The van der Waals surface area contributed by atoms with Crippen molar-refractivity contribution in [2.45, 2.75) is 107 Å². The van der Waals surface area contributed by atoms with E-state index in [0.29, 0.717) is 6.42 Å². The molecule has 4 aliphatic heterocycles. The molecule has 0 aromatic carbocycles. The van der Waals surface area contributed by atoms with E-state index >= 15 is 0 Å². The summed E-state index contributed by atoms with van der Waals surface area (Å²) < 4.78 is 49.4. The molecule has 192 valence electrons. The minimum Gasteiger partial charge on any atom is -0.459 e. The van der Waals surface area contributed by atoms with Crippen molar-refractivity contribution in [2.75, 3.05) is 19.6 Å². The first-order chi connectivity index (χ1) is 16.1. The van der Waals surface area contributed by atoms with Crippen LogP contribution in [0.25, 0.3) is 0 Å². The van der Waals surface area contributed by atoms with E-state index in [1.165, 1.54) is 0 Å². The van der Waals surface area contributed by atoms with Gasteiger partial charge in [0, 0.05) is 5.92 Å². The summed E-state index contributed by atoms with van der Waals surface area (Å²) in [6.45, 7) is 7.27. The molecule has 6 atom stereocenters. The quantitative estimate of drug-likeness (QED) is 0.401. The molecule has 4 heterocycles. The zero-order valence-corrected chi connectivity index (χ0v) is 21.2. The lowest BCUT2D eigenvalue weighted by Crippen LogP contribution is -2.55. The summed E-state index contributed by atoms with van der Waals surface area (Å²) in [7, 11) is -3.93. The van der Waals surface area contributed by atoms with Crippen LogP contribution < -0.4 is 0 Å². The van der Waals surface area contributed by atoms with Crippen LogP contribution >= 0.6 is 0 Å². The van der Waals surface area contributed by atoms with Crippen molar-refractivity contribution in [1.29, 1.82) is 0 Å². The zero-order chi connectivity index (χ0) is 24.3. The fourth-order valence-corrected chi connectivity index (χ4v) is 9.19. The van der Waals surface area contributed by atoms with Crippen molar-refractivity contribution < 1.29 is 36.4 Å². The Labute approximate surface area is 201 Å². The molecule has 0 aromatic heterocycles. The molecule has 34 heavy (non-hydrogen) atoms. The average Bonchev–Trinajstić information content (AvgIpc) is 3.50. The highest BCUT2D eigenvalue weighted by Gasteiger charge is 2.74. The molecule has 2 bridgehead atoms. The van der Waals surface area contributed by atoms with Crippen molar-refractivity contribution in [3.8, 4) is 0 Å². The van der Waals surface area contributed by atoms with Crippen LogP contribution in [0.2, 0.25) is 0 Å². The lowest BCUT2D eigenvalue weighted by atomic mass is 9.72. The van der Waals surface area contributed by atoms with Crippen molar-refractivity contribution in [1.82, 2.24) is 4.90 Å². The van der Waals surface area contributed by atoms with Gasteiger partial charge >= 0.3 is 11.9 Å². The van der Waals surface area contributed by atoms with E-state index in [1.807, 2.05) is 6.92 Å². The van der Waals surface area contributed by atoms with Crippen LogP contribution in [0.4, 0.5) is 0 Å². The summed E-state index contributed by atoms with van der Waals surface area (Å²) in [6, 6.07) is 0. The molecule has 5 aliphatic rings. The number of fused-ring (bicyclic) bond motifs is 5. The lowest BCUT2D eigenvalue weighted by Gasteiger charge is -2.37. The molecule has 4 saturated heterocycles. The van der Waals surface area contributed by atoms with Crippen LogP contribution in [0.5, 0.6) is 0 Å². The molecule has 0 spiro atoms. The first-order valence-electron chi connectivity index (χ1n) is 12.8. The van der Waals surface area contributed by atoms with Gasteiger partial charge in [-0.2, -0.15) is 8.42 Å². The summed E-state index contributed by atoms with van der Waals surface area (Å²) in [5.41, 5.74) is -1.55. The lowest BCUT2D eigenvalue weighted by molar-refractivity contribution is -0.175. The van der Waals surface area contributed by atoms with Gasteiger partial charge in [0.15, 0.2) is 0 Å². The van der Waals surface area contributed by atoms with Gasteiger partial charge in [-0.1, -0.05) is 13.3 Å². The predicted octanol–water partition coefficient (Wildman–Crippen LogP) is 2.17. The monoisotopic (exact) mass is 499 g/mol. The van der Waals surface area contributed by atoms with E-state index in [9.17, 15) is 18.0 Å². The third kappa shape index (κ3) is 4.08. The maximum Gasteiger partial charge on any atom is 0.320 e. The molecule has 0 aromatic rings. The number of nitrogens with zero attached hydrogens (tertiary/aromatic N) is 1. The number of likely N-dealkylation sites (tertiary alicyclic amines) is 1. The third-order valence-electron chi connectivity index (χ3n) is 8.66. The van der Waals surface area contributed by atoms with Crippen molar-refractivity contribution >= 4 is 22.1 Å². The number of carbonyl (C=O) groups excluding carboxylic acids is 2. The minimum absolute atomic E-state index is 0.154. The maximum atomic E-state index is 13.6. The van der Waals surface area contributed by atoms with E-state index in [1.54, 1.807) is 13.8 Å². The zero-order valence-electron chi connectivity index (χ0n) is 20.4. The summed E-state index contributed by atoms with van der Waals surface area (Å²) in [5.74, 6) is -2.44. The molecule has 0 N–H and O–H groups in total. The largest absolute Gasteiger partial charge is 0.459 e. The highest BCUT2D eigenvalue weighted by atomic mass is 32.2. The first kappa shape index (κ1) is 24.5. The summed E-state index contributed by atoms with van der Waals surface area (Å²) >= 11 is 0. The van der Waals surface area contributed by atoms with E-state index in [0.717, 1.165) is 58.0 Å². The van der Waals surface area contributed by atoms with Crippen LogP contribution in [0, 0.1) is 11.8 Å². The highest BCUT2D eigenvalue weighted by Crippen LogP contribution is 2.57. The predicted molar refractivity (Wildman–Crippen MR) is 121 cm³/mol. The average molecular weight is 500 g/mol. The molecule has 0 amide bonds. The van der Waals surface area contributed by atoms with Gasteiger partial charge in [-0.05, 0) is 71.9 Å². The fraction of sp³-hybridized carbons (Fsp3) is 0.917. The number of ether oxygens (including phenoxy) is 3. The van der Waals surface area contributed by atoms with E-state index < -0.39 is 68.7 Å². The van der Waals surface area contributed by atoms with Crippen LogP contribution in [0.3, 0.4) is 0 Å². The summed E-state index contributed by atoms with van der Waals surface area (Å²) in [4.78, 5) is 28.6. The van der Waals surface area contributed by atoms with Gasteiger partial charge in [0.2, 0.25) is 0 Å². The number of hydrogen-bond donors (Lipinski definition) is 0. The van der Waals surface area contributed by atoms with Crippen molar-refractivity contribution in [3.63, 3.8) is 0 Å². The van der Waals surface area contributed by atoms with Gasteiger partial charge in [-0.25, -0.2) is 0 Å². The van der Waals surface area contributed by atoms with Crippen LogP contribution in [-0.4, -0.2) is 79.7 Å². The molecular formula is C24H37NO8S. The molecule has 9 nitrogen and oxygen atoms in total. The van der Waals surface area contributed by atoms with Gasteiger partial charge in [-0.3, -0.25) is 18.7 Å². The Balaban J connectivity index is 1.40. The molecule has 1 saturated carbocycles. The Kier molecular flexibility index (Phi) is 6.27. The Bertz CT molecular complexity index is 921.